The van der Waals surface area contributed by atoms with Gasteiger partial charge in [0.1, 0.15) is 5.54 Å². The van der Waals surface area contributed by atoms with Crippen molar-refractivity contribution in [1.82, 2.24) is 5.32 Å². The molecule has 3 nitrogen and oxygen atoms in total. The molecule has 1 atom stereocenters. The lowest BCUT2D eigenvalue weighted by Gasteiger charge is -2.30. The van der Waals surface area contributed by atoms with Gasteiger partial charge in [-0.05, 0) is 32.0 Å². The van der Waals surface area contributed by atoms with Gasteiger partial charge in [-0.25, -0.2) is 4.79 Å². The fourth-order valence-corrected chi connectivity index (χ4v) is 2.19. The molecule has 1 aromatic rings. The predicted octanol–water partition coefficient (Wildman–Crippen LogP) is 3.92. The molecule has 21 heavy (non-hydrogen) atoms. The summed E-state index contributed by atoms with van der Waals surface area (Å²) in [4.78, 5) is 12.1. The first-order valence-electron chi connectivity index (χ1n) is 6.04. The van der Waals surface area contributed by atoms with Gasteiger partial charge >= 0.3 is 12.1 Å². The van der Waals surface area contributed by atoms with E-state index in [-0.39, 0.29) is 22.2 Å². The van der Waals surface area contributed by atoms with Crippen molar-refractivity contribution < 1.29 is 22.7 Å². The topological polar surface area (TPSA) is 38.3 Å². The van der Waals surface area contributed by atoms with E-state index in [0.717, 1.165) is 0 Å². The maximum atomic E-state index is 12.5. The second-order valence-corrected chi connectivity index (χ2v) is 5.28. The summed E-state index contributed by atoms with van der Waals surface area (Å²) in [6.07, 6.45) is -4.49. The molecule has 0 saturated carbocycles. The fourth-order valence-electron chi connectivity index (χ4n) is 1.71. The third-order valence-electron chi connectivity index (χ3n) is 2.79. The van der Waals surface area contributed by atoms with Gasteiger partial charge < -0.3 is 4.74 Å². The Balaban J connectivity index is 3.23. The molecule has 0 aliphatic rings. The van der Waals surface area contributed by atoms with Gasteiger partial charge in [0.25, 0.3) is 0 Å². The Labute approximate surface area is 130 Å². The summed E-state index contributed by atoms with van der Waals surface area (Å²) in [5, 5.41) is 2.53. The molecular formula is C13H14Cl2F3NO2. The molecule has 118 valence electrons. The molecule has 1 N–H and O–H groups in total. The second-order valence-electron chi connectivity index (χ2n) is 4.44. The molecule has 0 heterocycles. The largest absolute Gasteiger partial charge is 0.464 e. The van der Waals surface area contributed by atoms with Crippen LogP contribution in [0, 0.1) is 0 Å². The number of benzene rings is 1. The third kappa shape index (κ3) is 4.76. The number of carbonyl (C=O) groups excluding carboxylic acids is 1. The van der Waals surface area contributed by atoms with Gasteiger partial charge in [-0.15, -0.1) is 0 Å². The van der Waals surface area contributed by atoms with E-state index in [9.17, 15) is 18.0 Å². The quantitative estimate of drug-likeness (QED) is 0.823. The van der Waals surface area contributed by atoms with Crippen LogP contribution in [0.4, 0.5) is 13.2 Å². The molecule has 0 fully saturated rings. The molecule has 0 aliphatic heterocycles. The Kier molecular flexibility index (Phi) is 5.90. The first kappa shape index (κ1) is 18.1. The summed E-state index contributed by atoms with van der Waals surface area (Å²) in [7, 11) is 0. The maximum Gasteiger partial charge on any atom is 0.401 e. The normalized spacial score (nSPS) is 14.6. The van der Waals surface area contributed by atoms with Crippen LogP contribution in [0.15, 0.2) is 18.2 Å². The summed E-state index contributed by atoms with van der Waals surface area (Å²) >= 11 is 11.8. The molecule has 0 spiro atoms. The molecule has 0 saturated heterocycles. The third-order valence-corrected chi connectivity index (χ3v) is 3.36. The highest BCUT2D eigenvalue weighted by atomic mass is 35.5. The average Bonchev–Trinajstić information content (AvgIpc) is 2.38. The molecule has 0 aliphatic carbocycles. The Morgan fingerprint density at radius 3 is 2.48 bits per heavy atom. The van der Waals surface area contributed by atoms with E-state index < -0.39 is 24.2 Å². The van der Waals surface area contributed by atoms with Crippen molar-refractivity contribution >= 4 is 29.2 Å². The number of halogens is 5. The maximum absolute atomic E-state index is 12.5. The van der Waals surface area contributed by atoms with E-state index in [1.54, 1.807) is 6.92 Å². The van der Waals surface area contributed by atoms with Crippen LogP contribution < -0.4 is 5.32 Å². The van der Waals surface area contributed by atoms with Crippen molar-refractivity contribution in [3.05, 3.63) is 33.8 Å². The first-order valence-corrected chi connectivity index (χ1v) is 6.80. The monoisotopic (exact) mass is 343 g/mol. The van der Waals surface area contributed by atoms with Gasteiger partial charge in [-0.3, -0.25) is 5.32 Å². The summed E-state index contributed by atoms with van der Waals surface area (Å²) in [5.41, 5.74) is -1.63. The standard InChI is InChI=1S/C13H14Cl2F3NO2/c1-3-21-11(20)12(2,19-7-13(16,17)18)9-6-8(14)4-5-10(9)15/h4-6,19H,3,7H2,1-2H3. The van der Waals surface area contributed by atoms with Crippen LogP contribution in [-0.2, 0) is 15.1 Å². The Morgan fingerprint density at radius 1 is 1.33 bits per heavy atom. The lowest BCUT2D eigenvalue weighted by Crippen LogP contribution is -2.51. The molecule has 1 rings (SSSR count). The van der Waals surface area contributed by atoms with E-state index in [4.69, 9.17) is 27.9 Å². The number of carbonyl (C=O) groups is 1. The number of nitrogens with one attached hydrogen (secondary N) is 1. The molecule has 1 unspecified atom stereocenters. The van der Waals surface area contributed by atoms with Crippen molar-refractivity contribution in [1.29, 1.82) is 0 Å². The smallest absolute Gasteiger partial charge is 0.401 e. The number of alkyl halides is 3. The van der Waals surface area contributed by atoms with Crippen LogP contribution in [0.3, 0.4) is 0 Å². The fraction of sp³-hybridized carbons (Fsp3) is 0.462. The predicted molar refractivity (Wildman–Crippen MR) is 74.5 cm³/mol. The van der Waals surface area contributed by atoms with Gasteiger partial charge in [-0.1, -0.05) is 23.2 Å². The summed E-state index contributed by atoms with van der Waals surface area (Å²) in [5.74, 6) is -0.863. The zero-order valence-electron chi connectivity index (χ0n) is 11.4. The molecule has 0 radical (unpaired) electrons. The van der Waals surface area contributed by atoms with Gasteiger partial charge in [0.05, 0.1) is 13.2 Å². The lowest BCUT2D eigenvalue weighted by atomic mass is 9.91. The molecule has 0 bridgehead atoms. The highest BCUT2D eigenvalue weighted by Gasteiger charge is 2.41. The Morgan fingerprint density at radius 2 is 1.95 bits per heavy atom. The highest BCUT2D eigenvalue weighted by Crippen LogP contribution is 2.32. The van der Waals surface area contributed by atoms with E-state index in [1.165, 1.54) is 25.1 Å². The van der Waals surface area contributed by atoms with Gasteiger partial charge in [0.15, 0.2) is 0 Å². The summed E-state index contributed by atoms with van der Waals surface area (Å²) in [6.45, 7) is 1.49. The zero-order chi connectivity index (χ0) is 16.3. The number of hydrogen-bond acceptors (Lipinski definition) is 3. The minimum absolute atomic E-state index is 0.0281. The van der Waals surface area contributed by atoms with Gasteiger partial charge in [0.2, 0.25) is 0 Å². The Bertz CT molecular complexity index is 523. The van der Waals surface area contributed by atoms with E-state index >= 15 is 0 Å². The summed E-state index contributed by atoms with van der Waals surface area (Å²) < 4.78 is 42.2. The minimum Gasteiger partial charge on any atom is -0.464 e. The van der Waals surface area contributed by atoms with Crippen molar-refractivity contribution in [2.24, 2.45) is 0 Å². The molecule has 0 aromatic heterocycles. The van der Waals surface area contributed by atoms with Crippen LogP contribution >= 0.6 is 23.2 Å². The first-order chi connectivity index (χ1) is 9.60. The second kappa shape index (κ2) is 6.85. The van der Waals surface area contributed by atoms with Gasteiger partial charge in [-0.2, -0.15) is 13.2 Å². The number of ether oxygens (including phenoxy) is 1. The van der Waals surface area contributed by atoms with Crippen LogP contribution in [0.5, 0.6) is 0 Å². The summed E-state index contributed by atoms with van der Waals surface area (Å²) in [6, 6.07) is 4.22. The number of esters is 1. The minimum atomic E-state index is -4.49. The zero-order valence-corrected chi connectivity index (χ0v) is 12.9. The van der Waals surface area contributed by atoms with Crippen molar-refractivity contribution in [3.8, 4) is 0 Å². The molecule has 0 amide bonds. The number of rotatable bonds is 5. The van der Waals surface area contributed by atoms with Crippen LogP contribution in [-0.4, -0.2) is 25.3 Å². The molecule has 8 heteroatoms. The van der Waals surface area contributed by atoms with E-state index in [1.807, 2.05) is 0 Å². The van der Waals surface area contributed by atoms with E-state index in [0.29, 0.717) is 0 Å². The van der Waals surface area contributed by atoms with Crippen molar-refractivity contribution in [2.75, 3.05) is 13.2 Å². The Hall–Kier alpha value is -0.980. The van der Waals surface area contributed by atoms with Crippen molar-refractivity contribution in [2.45, 2.75) is 25.6 Å². The van der Waals surface area contributed by atoms with Crippen molar-refractivity contribution in [3.63, 3.8) is 0 Å². The highest BCUT2D eigenvalue weighted by molar-refractivity contribution is 6.33. The lowest BCUT2D eigenvalue weighted by molar-refractivity contribution is -0.155. The van der Waals surface area contributed by atoms with Crippen LogP contribution in [0.2, 0.25) is 10.0 Å². The molecular weight excluding hydrogens is 330 g/mol. The SMILES string of the molecule is CCOC(=O)C(C)(NCC(F)(F)F)c1cc(Cl)ccc1Cl. The van der Waals surface area contributed by atoms with Gasteiger partial charge in [0, 0.05) is 15.6 Å². The van der Waals surface area contributed by atoms with Crippen LogP contribution in [0.25, 0.3) is 0 Å². The average molecular weight is 344 g/mol. The molecule has 1 aromatic carbocycles. The van der Waals surface area contributed by atoms with Crippen LogP contribution in [0.1, 0.15) is 19.4 Å². The van der Waals surface area contributed by atoms with E-state index in [2.05, 4.69) is 5.32 Å². The number of hydrogen-bond donors (Lipinski definition) is 1.